The Balaban J connectivity index is 1.43. The Hall–Kier alpha value is -2.37. The average molecular weight is 368 g/mol. The van der Waals surface area contributed by atoms with Crippen LogP contribution in [0.5, 0.6) is 5.75 Å². The molecule has 2 aromatic carbocycles. The molecule has 1 fully saturated rings. The first-order valence-corrected chi connectivity index (χ1v) is 9.49. The molecule has 0 aromatic heterocycles. The van der Waals surface area contributed by atoms with Crippen molar-refractivity contribution in [1.82, 2.24) is 10.2 Å². The Kier molecular flexibility index (Phi) is 6.85. The van der Waals surface area contributed by atoms with Gasteiger partial charge in [-0.05, 0) is 48.7 Å². The molecule has 1 aliphatic rings. The van der Waals surface area contributed by atoms with Crippen molar-refractivity contribution in [2.45, 2.75) is 20.4 Å². The number of ether oxygens (including phenoxy) is 2. The van der Waals surface area contributed by atoms with Gasteiger partial charge in [0.2, 0.25) is 0 Å². The monoisotopic (exact) mass is 368 g/mol. The number of carbonyl (C=O) groups is 1. The van der Waals surface area contributed by atoms with Crippen molar-refractivity contribution >= 4 is 5.91 Å². The van der Waals surface area contributed by atoms with Gasteiger partial charge in [0, 0.05) is 25.2 Å². The Labute approximate surface area is 161 Å². The van der Waals surface area contributed by atoms with Gasteiger partial charge >= 0.3 is 0 Å². The molecule has 1 saturated heterocycles. The molecule has 5 heteroatoms. The predicted octanol–water partition coefficient (Wildman–Crippen LogP) is 2.94. The van der Waals surface area contributed by atoms with Crippen LogP contribution in [0.1, 0.15) is 27.0 Å². The van der Waals surface area contributed by atoms with Crippen LogP contribution in [0, 0.1) is 13.8 Å². The maximum Gasteiger partial charge on any atom is 0.251 e. The number of amides is 1. The fourth-order valence-corrected chi connectivity index (χ4v) is 3.07. The topological polar surface area (TPSA) is 50.8 Å². The van der Waals surface area contributed by atoms with Crippen molar-refractivity contribution in [3.05, 3.63) is 64.7 Å². The highest BCUT2D eigenvalue weighted by molar-refractivity contribution is 5.94. The van der Waals surface area contributed by atoms with E-state index in [1.165, 1.54) is 5.56 Å². The summed E-state index contributed by atoms with van der Waals surface area (Å²) in [5.41, 5.74) is 4.15. The molecule has 0 unspecified atom stereocenters. The highest BCUT2D eigenvalue weighted by atomic mass is 16.5. The zero-order valence-corrected chi connectivity index (χ0v) is 16.2. The lowest BCUT2D eigenvalue weighted by Crippen LogP contribution is -2.35. The highest BCUT2D eigenvalue weighted by Crippen LogP contribution is 2.18. The molecule has 1 N–H and O–H groups in total. The largest absolute Gasteiger partial charge is 0.491 e. The fourth-order valence-electron chi connectivity index (χ4n) is 3.07. The number of nitrogens with zero attached hydrogens (tertiary/aromatic N) is 1. The zero-order valence-electron chi connectivity index (χ0n) is 16.2. The van der Waals surface area contributed by atoms with Crippen LogP contribution in [0.4, 0.5) is 0 Å². The molecule has 1 amide bonds. The second-order valence-corrected chi connectivity index (χ2v) is 6.96. The van der Waals surface area contributed by atoms with Crippen molar-refractivity contribution in [2.75, 3.05) is 39.5 Å². The van der Waals surface area contributed by atoms with E-state index in [1.807, 2.05) is 50.2 Å². The number of hydrogen-bond acceptors (Lipinski definition) is 4. The van der Waals surface area contributed by atoms with Gasteiger partial charge < -0.3 is 14.8 Å². The third kappa shape index (κ3) is 5.81. The Morgan fingerprint density at radius 1 is 1.11 bits per heavy atom. The molecular weight excluding hydrogens is 340 g/mol. The molecule has 0 radical (unpaired) electrons. The number of carbonyl (C=O) groups excluding carboxylic acids is 1. The van der Waals surface area contributed by atoms with Gasteiger partial charge in [-0.3, -0.25) is 9.69 Å². The second-order valence-electron chi connectivity index (χ2n) is 6.96. The molecule has 3 rings (SSSR count). The van der Waals surface area contributed by atoms with Gasteiger partial charge in [0.05, 0.1) is 19.8 Å². The summed E-state index contributed by atoms with van der Waals surface area (Å²) >= 11 is 0. The lowest BCUT2D eigenvalue weighted by molar-refractivity contribution is 0.0342. The Bertz CT molecular complexity index is 753. The molecule has 0 saturated carbocycles. The lowest BCUT2D eigenvalue weighted by Gasteiger charge is -2.26. The molecule has 0 atom stereocenters. The van der Waals surface area contributed by atoms with E-state index < -0.39 is 0 Å². The van der Waals surface area contributed by atoms with Gasteiger partial charge in [0.15, 0.2) is 0 Å². The standard InChI is InChI=1S/C22H28N2O3/c1-17-3-4-18(2)21(15-17)27-12-9-23-22(25)20-7-5-19(6-8-20)16-24-10-13-26-14-11-24/h3-8,15H,9-14,16H2,1-2H3,(H,23,25). The first-order valence-electron chi connectivity index (χ1n) is 9.49. The number of nitrogens with one attached hydrogen (secondary N) is 1. The summed E-state index contributed by atoms with van der Waals surface area (Å²) in [5, 5.41) is 2.91. The molecule has 5 nitrogen and oxygen atoms in total. The first-order chi connectivity index (χ1) is 13.1. The Morgan fingerprint density at radius 2 is 1.85 bits per heavy atom. The van der Waals surface area contributed by atoms with Gasteiger partial charge in [-0.2, -0.15) is 0 Å². The summed E-state index contributed by atoms with van der Waals surface area (Å²) in [6.45, 7) is 9.39. The summed E-state index contributed by atoms with van der Waals surface area (Å²) in [4.78, 5) is 14.6. The van der Waals surface area contributed by atoms with Gasteiger partial charge in [-0.1, -0.05) is 24.3 Å². The summed E-state index contributed by atoms with van der Waals surface area (Å²) in [6, 6.07) is 13.9. The van der Waals surface area contributed by atoms with E-state index in [-0.39, 0.29) is 5.91 Å². The number of rotatable bonds is 7. The molecule has 1 heterocycles. The van der Waals surface area contributed by atoms with E-state index in [0.717, 1.165) is 49.7 Å². The van der Waals surface area contributed by atoms with Gasteiger partial charge in [0.1, 0.15) is 12.4 Å². The van der Waals surface area contributed by atoms with Crippen molar-refractivity contribution in [1.29, 1.82) is 0 Å². The average Bonchev–Trinajstić information content (AvgIpc) is 2.69. The molecule has 2 aromatic rings. The van der Waals surface area contributed by atoms with Gasteiger partial charge in [-0.15, -0.1) is 0 Å². The summed E-state index contributed by atoms with van der Waals surface area (Å²) < 4.78 is 11.1. The minimum atomic E-state index is -0.0718. The second kappa shape index (κ2) is 9.53. The van der Waals surface area contributed by atoms with Gasteiger partial charge in [-0.25, -0.2) is 0 Å². The molecule has 27 heavy (non-hydrogen) atoms. The third-order valence-electron chi connectivity index (χ3n) is 4.71. The summed E-state index contributed by atoms with van der Waals surface area (Å²) in [5.74, 6) is 0.800. The van der Waals surface area contributed by atoms with Crippen molar-refractivity contribution in [3.8, 4) is 5.75 Å². The molecule has 0 spiro atoms. The first kappa shape index (κ1) is 19.4. The number of aryl methyl sites for hydroxylation is 2. The normalized spacial score (nSPS) is 14.7. The van der Waals surface area contributed by atoms with E-state index in [9.17, 15) is 4.79 Å². The molecule has 0 bridgehead atoms. The maximum absolute atomic E-state index is 12.3. The van der Waals surface area contributed by atoms with Crippen LogP contribution in [0.2, 0.25) is 0 Å². The molecule has 144 valence electrons. The maximum atomic E-state index is 12.3. The summed E-state index contributed by atoms with van der Waals surface area (Å²) in [6.07, 6.45) is 0. The van der Waals surface area contributed by atoms with Crippen LogP contribution >= 0.6 is 0 Å². The van der Waals surface area contributed by atoms with E-state index in [2.05, 4.69) is 16.3 Å². The van der Waals surface area contributed by atoms with Crippen molar-refractivity contribution in [2.24, 2.45) is 0 Å². The van der Waals surface area contributed by atoms with Crippen molar-refractivity contribution in [3.63, 3.8) is 0 Å². The quantitative estimate of drug-likeness (QED) is 0.764. The van der Waals surface area contributed by atoms with E-state index in [1.54, 1.807) is 0 Å². The van der Waals surface area contributed by atoms with Crippen LogP contribution in [-0.2, 0) is 11.3 Å². The fraction of sp³-hybridized carbons (Fsp3) is 0.409. The van der Waals surface area contributed by atoms with Crippen LogP contribution in [0.3, 0.4) is 0 Å². The molecule has 1 aliphatic heterocycles. The minimum Gasteiger partial charge on any atom is -0.491 e. The summed E-state index contributed by atoms with van der Waals surface area (Å²) in [7, 11) is 0. The number of benzene rings is 2. The lowest BCUT2D eigenvalue weighted by atomic mass is 10.1. The smallest absolute Gasteiger partial charge is 0.251 e. The highest BCUT2D eigenvalue weighted by Gasteiger charge is 2.11. The third-order valence-corrected chi connectivity index (χ3v) is 4.71. The van der Waals surface area contributed by atoms with Crippen molar-refractivity contribution < 1.29 is 14.3 Å². The number of hydrogen-bond donors (Lipinski definition) is 1. The van der Waals surface area contributed by atoms with Crippen LogP contribution in [0.25, 0.3) is 0 Å². The van der Waals surface area contributed by atoms with Gasteiger partial charge in [0.25, 0.3) is 5.91 Å². The predicted molar refractivity (Wildman–Crippen MR) is 106 cm³/mol. The number of morpholine rings is 1. The SMILES string of the molecule is Cc1ccc(C)c(OCCNC(=O)c2ccc(CN3CCOCC3)cc2)c1. The molecular formula is C22H28N2O3. The van der Waals surface area contributed by atoms with Crippen LogP contribution < -0.4 is 10.1 Å². The van der Waals surface area contributed by atoms with Crippen LogP contribution in [0.15, 0.2) is 42.5 Å². The van der Waals surface area contributed by atoms with E-state index in [0.29, 0.717) is 18.7 Å². The molecule has 0 aliphatic carbocycles. The van der Waals surface area contributed by atoms with E-state index in [4.69, 9.17) is 9.47 Å². The van der Waals surface area contributed by atoms with E-state index >= 15 is 0 Å². The zero-order chi connectivity index (χ0) is 19.1. The Morgan fingerprint density at radius 3 is 2.59 bits per heavy atom. The van der Waals surface area contributed by atoms with Crippen LogP contribution in [-0.4, -0.2) is 50.3 Å². The minimum absolute atomic E-state index is 0.0718.